The van der Waals surface area contributed by atoms with Crippen LogP contribution in [0.15, 0.2) is 91.6 Å². The second-order valence-corrected chi connectivity index (χ2v) is 7.62. The van der Waals surface area contributed by atoms with Gasteiger partial charge in [0.25, 0.3) is 5.91 Å². The van der Waals surface area contributed by atoms with E-state index in [1.54, 1.807) is 23.3 Å². The number of pyridine rings is 2. The first-order chi connectivity index (χ1) is 15.7. The number of aromatic nitrogens is 5. The topological polar surface area (TPSA) is 77.1 Å². The van der Waals surface area contributed by atoms with Gasteiger partial charge in [0.15, 0.2) is 0 Å². The standard InChI is InChI=1S/C25H18N6O/c32-25(22-12-17-6-1-2-7-20(17)21-8-5-10-26-24(21)22)29-18-13-27-31(15-18)16-19-14-30-11-4-3-9-23(30)28-19/h1-15H,16H2,(H,29,32). The van der Waals surface area contributed by atoms with Gasteiger partial charge in [0, 0.05) is 30.2 Å². The lowest BCUT2D eigenvalue weighted by Gasteiger charge is -2.09. The minimum Gasteiger partial charge on any atom is -0.319 e. The maximum atomic E-state index is 13.2. The van der Waals surface area contributed by atoms with Crippen LogP contribution < -0.4 is 5.32 Å². The molecular weight excluding hydrogens is 400 g/mol. The zero-order valence-electron chi connectivity index (χ0n) is 17.0. The molecule has 0 fully saturated rings. The predicted molar refractivity (Wildman–Crippen MR) is 124 cm³/mol. The molecule has 2 aromatic carbocycles. The van der Waals surface area contributed by atoms with Crippen molar-refractivity contribution >= 4 is 38.9 Å². The Bertz CT molecular complexity index is 1580. The van der Waals surface area contributed by atoms with Crippen LogP contribution in [0.2, 0.25) is 0 Å². The fraction of sp³-hybridized carbons (Fsp3) is 0.0400. The molecule has 0 bridgehead atoms. The van der Waals surface area contributed by atoms with E-state index in [9.17, 15) is 4.79 Å². The number of hydrogen-bond acceptors (Lipinski definition) is 4. The highest BCUT2D eigenvalue weighted by Crippen LogP contribution is 2.27. The third kappa shape index (κ3) is 3.16. The van der Waals surface area contributed by atoms with E-state index in [0.29, 0.717) is 23.3 Å². The summed E-state index contributed by atoms with van der Waals surface area (Å²) in [6, 6.07) is 19.7. The van der Waals surface area contributed by atoms with Crippen LogP contribution in [0.3, 0.4) is 0 Å². The number of carbonyl (C=O) groups excluding carboxylic acids is 1. The van der Waals surface area contributed by atoms with E-state index in [2.05, 4.69) is 20.4 Å². The summed E-state index contributed by atoms with van der Waals surface area (Å²) in [6.07, 6.45) is 9.09. The molecule has 4 aromatic heterocycles. The Kier molecular flexibility index (Phi) is 4.18. The Hall–Kier alpha value is -4.52. The van der Waals surface area contributed by atoms with Crippen molar-refractivity contribution in [2.75, 3.05) is 5.32 Å². The predicted octanol–water partition coefficient (Wildman–Crippen LogP) is 4.53. The third-order valence-corrected chi connectivity index (χ3v) is 5.49. The molecule has 0 atom stereocenters. The quantitative estimate of drug-likeness (QED) is 0.427. The van der Waals surface area contributed by atoms with Gasteiger partial charge >= 0.3 is 0 Å². The number of nitrogens with zero attached hydrogens (tertiary/aromatic N) is 5. The van der Waals surface area contributed by atoms with Crippen LogP contribution in [0.5, 0.6) is 0 Å². The van der Waals surface area contributed by atoms with Crippen LogP contribution >= 0.6 is 0 Å². The number of anilines is 1. The Morgan fingerprint density at radius 2 is 1.84 bits per heavy atom. The summed E-state index contributed by atoms with van der Waals surface area (Å²) in [7, 11) is 0. The molecule has 0 aliphatic rings. The number of amides is 1. The lowest BCUT2D eigenvalue weighted by atomic mass is 10.0. The van der Waals surface area contributed by atoms with E-state index < -0.39 is 0 Å². The summed E-state index contributed by atoms with van der Waals surface area (Å²) in [5.74, 6) is -0.216. The average Bonchev–Trinajstić information content (AvgIpc) is 3.44. The van der Waals surface area contributed by atoms with Crippen molar-refractivity contribution in [1.29, 1.82) is 0 Å². The van der Waals surface area contributed by atoms with Gasteiger partial charge in [-0.25, -0.2) is 4.98 Å². The number of nitrogens with one attached hydrogen (secondary N) is 1. The van der Waals surface area contributed by atoms with Gasteiger partial charge in [0.05, 0.1) is 35.2 Å². The zero-order chi connectivity index (χ0) is 21.5. The van der Waals surface area contributed by atoms with E-state index in [1.807, 2.05) is 77.5 Å². The molecule has 0 radical (unpaired) electrons. The molecule has 7 nitrogen and oxygen atoms in total. The third-order valence-electron chi connectivity index (χ3n) is 5.49. The van der Waals surface area contributed by atoms with Gasteiger partial charge in [-0.1, -0.05) is 36.4 Å². The number of imidazole rings is 1. The van der Waals surface area contributed by atoms with Crippen molar-refractivity contribution in [3.63, 3.8) is 0 Å². The maximum absolute atomic E-state index is 13.2. The van der Waals surface area contributed by atoms with Crippen LogP contribution in [0.4, 0.5) is 5.69 Å². The van der Waals surface area contributed by atoms with Gasteiger partial charge in [-0.3, -0.25) is 14.5 Å². The van der Waals surface area contributed by atoms with Crippen LogP contribution in [0.25, 0.3) is 27.3 Å². The van der Waals surface area contributed by atoms with E-state index in [0.717, 1.165) is 27.5 Å². The smallest absolute Gasteiger partial charge is 0.257 e. The highest BCUT2D eigenvalue weighted by Gasteiger charge is 2.15. The normalized spacial score (nSPS) is 11.4. The molecule has 4 heterocycles. The van der Waals surface area contributed by atoms with Gasteiger partial charge in [0.1, 0.15) is 5.65 Å². The maximum Gasteiger partial charge on any atom is 0.257 e. The molecule has 0 spiro atoms. The van der Waals surface area contributed by atoms with Gasteiger partial charge in [-0.05, 0) is 35.0 Å². The summed E-state index contributed by atoms with van der Waals surface area (Å²) in [5, 5.41) is 10.4. The first-order valence-corrected chi connectivity index (χ1v) is 10.3. The van der Waals surface area contributed by atoms with Crippen molar-refractivity contribution < 1.29 is 4.79 Å². The Balaban J connectivity index is 1.28. The molecule has 6 rings (SSSR count). The minimum absolute atomic E-state index is 0.216. The number of fused-ring (bicyclic) bond motifs is 4. The molecular formula is C25H18N6O. The van der Waals surface area contributed by atoms with E-state index in [-0.39, 0.29) is 5.91 Å². The highest BCUT2D eigenvalue weighted by molar-refractivity contribution is 6.18. The second kappa shape index (κ2) is 7.31. The number of carbonyl (C=O) groups is 1. The van der Waals surface area contributed by atoms with Crippen molar-refractivity contribution in [1.82, 2.24) is 24.1 Å². The Labute approximate surface area is 183 Å². The molecule has 1 N–H and O–H groups in total. The monoisotopic (exact) mass is 418 g/mol. The molecule has 0 saturated heterocycles. The first-order valence-electron chi connectivity index (χ1n) is 10.3. The number of hydrogen-bond donors (Lipinski definition) is 1. The van der Waals surface area contributed by atoms with Crippen molar-refractivity contribution in [3.8, 4) is 0 Å². The van der Waals surface area contributed by atoms with Crippen LogP contribution in [0.1, 0.15) is 16.1 Å². The number of benzene rings is 2. The summed E-state index contributed by atoms with van der Waals surface area (Å²) in [4.78, 5) is 22.2. The molecule has 154 valence electrons. The fourth-order valence-electron chi connectivity index (χ4n) is 4.04. The SMILES string of the molecule is O=C(Nc1cnn(Cc2cn3ccccc3n2)c1)c1cc2ccccc2c2cccnc12. The van der Waals surface area contributed by atoms with Crippen molar-refractivity contribution in [2.24, 2.45) is 0 Å². The van der Waals surface area contributed by atoms with Gasteiger partial charge in [-0.2, -0.15) is 5.10 Å². The van der Waals surface area contributed by atoms with Crippen LogP contribution in [-0.4, -0.2) is 30.1 Å². The Morgan fingerprint density at radius 3 is 2.78 bits per heavy atom. The van der Waals surface area contributed by atoms with Crippen LogP contribution in [0, 0.1) is 0 Å². The molecule has 6 aromatic rings. The molecule has 32 heavy (non-hydrogen) atoms. The van der Waals surface area contributed by atoms with Gasteiger partial charge < -0.3 is 9.72 Å². The molecule has 0 saturated carbocycles. The number of rotatable bonds is 4. The van der Waals surface area contributed by atoms with E-state index >= 15 is 0 Å². The molecule has 0 aliphatic carbocycles. The first kappa shape index (κ1) is 18.3. The van der Waals surface area contributed by atoms with Gasteiger partial charge in [0.2, 0.25) is 0 Å². The highest BCUT2D eigenvalue weighted by atomic mass is 16.1. The molecule has 0 unspecified atom stereocenters. The summed E-state index contributed by atoms with van der Waals surface area (Å²) in [5.41, 5.74) is 3.62. The summed E-state index contributed by atoms with van der Waals surface area (Å²) < 4.78 is 3.73. The fourth-order valence-corrected chi connectivity index (χ4v) is 4.04. The Morgan fingerprint density at radius 1 is 0.969 bits per heavy atom. The zero-order valence-corrected chi connectivity index (χ0v) is 17.0. The van der Waals surface area contributed by atoms with E-state index in [1.165, 1.54) is 0 Å². The molecule has 1 amide bonds. The lowest BCUT2D eigenvalue weighted by molar-refractivity contribution is 0.102. The van der Waals surface area contributed by atoms with Gasteiger partial charge in [-0.15, -0.1) is 0 Å². The molecule has 0 aliphatic heterocycles. The minimum atomic E-state index is -0.216. The van der Waals surface area contributed by atoms with Crippen molar-refractivity contribution in [3.05, 3.63) is 103 Å². The molecule has 7 heteroatoms. The van der Waals surface area contributed by atoms with Crippen molar-refractivity contribution in [2.45, 2.75) is 6.54 Å². The second-order valence-electron chi connectivity index (χ2n) is 7.62. The summed E-state index contributed by atoms with van der Waals surface area (Å²) in [6.45, 7) is 0.512. The lowest BCUT2D eigenvalue weighted by Crippen LogP contribution is -2.12. The largest absolute Gasteiger partial charge is 0.319 e. The van der Waals surface area contributed by atoms with Crippen LogP contribution in [-0.2, 0) is 6.54 Å². The van der Waals surface area contributed by atoms with E-state index in [4.69, 9.17) is 0 Å². The summed E-state index contributed by atoms with van der Waals surface area (Å²) >= 11 is 0. The average molecular weight is 418 g/mol.